The van der Waals surface area contributed by atoms with Crippen molar-refractivity contribution in [1.82, 2.24) is 4.90 Å². The van der Waals surface area contributed by atoms with E-state index in [4.69, 9.17) is 20.8 Å². The van der Waals surface area contributed by atoms with E-state index in [2.05, 4.69) is 18.7 Å². The quantitative estimate of drug-likeness (QED) is 0.405. The molecule has 0 heterocycles. The summed E-state index contributed by atoms with van der Waals surface area (Å²) in [5.41, 5.74) is 0. The highest BCUT2D eigenvalue weighted by atomic mass is 35.5. The van der Waals surface area contributed by atoms with Crippen LogP contribution in [0.5, 0.6) is 0 Å². The van der Waals surface area contributed by atoms with Gasteiger partial charge < -0.3 is 14.1 Å². The lowest BCUT2D eigenvalue weighted by Crippen LogP contribution is -2.32. The third kappa shape index (κ3) is 10.0. The van der Waals surface area contributed by atoms with Crippen LogP contribution in [0.3, 0.4) is 0 Å². The Labute approximate surface area is 113 Å². The zero-order valence-corrected chi connectivity index (χ0v) is 13.5. The van der Waals surface area contributed by atoms with Gasteiger partial charge in [0.05, 0.1) is 6.23 Å². The second kappa shape index (κ2) is 12.8. The maximum atomic E-state index is 5.99. The fourth-order valence-electron chi connectivity index (χ4n) is 1.66. The first kappa shape index (κ1) is 17.4. The minimum Gasteiger partial charge on any atom is -0.416 e. The molecule has 3 nitrogen and oxygen atoms in total. The van der Waals surface area contributed by atoms with Crippen molar-refractivity contribution in [3.05, 3.63) is 0 Å². The zero-order valence-electron chi connectivity index (χ0n) is 11.6. The average molecular weight is 282 g/mol. The summed E-state index contributed by atoms with van der Waals surface area (Å²) >= 11 is 5.73. The number of nitrogens with zero attached hydrogens (tertiary/aromatic N) is 1. The largest absolute Gasteiger partial charge is 0.416 e. The molecule has 0 aliphatic rings. The van der Waals surface area contributed by atoms with Gasteiger partial charge in [-0.2, -0.15) is 0 Å². The highest BCUT2D eigenvalue weighted by molar-refractivity contribution is 6.51. The third-order valence-corrected chi connectivity index (χ3v) is 5.46. The molecule has 0 saturated heterocycles. The molecule has 5 heteroatoms. The van der Waals surface area contributed by atoms with Crippen LogP contribution in [0.4, 0.5) is 0 Å². The summed E-state index contributed by atoms with van der Waals surface area (Å²) in [4.78, 5) is 2.38. The monoisotopic (exact) mass is 281 g/mol. The summed E-state index contributed by atoms with van der Waals surface area (Å²) < 4.78 is 11.5. The topological polar surface area (TPSA) is 21.7 Å². The molecule has 0 spiro atoms. The Bertz CT molecular complexity index is 151. The predicted molar refractivity (Wildman–Crippen MR) is 77.5 cm³/mol. The molecule has 0 radical (unpaired) electrons. The van der Waals surface area contributed by atoms with E-state index < -0.39 is 9.04 Å². The molecule has 0 aromatic heterocycles. The van der Waals surface area contributed by atoms with Crippen LogP contribution in [-0.4, -0.2) is 58.9 Å². The molecule has 0 saturated carbocycles. The van der Waals surface area contributed by atoms with Gasteiger partial charge in [0.15, 0.2) is 0 Å². The number of likely N-dealkylation sites (N-methyl/N-ethyl adjacent to an activating group) is 1. The summed E-state index contributed by atoms with van der Waals surface area (Å²) in [7, 11) is -1.18. The number of ether oxygens (including phenoxy) is 1. The van der Waals surface area contributed by atoms with E-state index in [1.165, 1.54) is 0 Å². The van der Waals surface area contributed by atoms with Crippen molar-refractivity contribution in [3.63, 3.8) is 0 Å². The first-order valence-electron chi connectivity index (χ1n) is 6.76. The number of alkyl halides is 1. The standard InChI is InChI=1S/C12H28ClNO2Si/c1-4-14(5-2)9-10-16-17(11-7-8-13)12-15-6-3/h17H,4-12H2,1-3H3. The van der Waals surface area contributed by atoms with E-state index in [0.717, 1.165) is 57.4 Å². The molecule has 0 aromatic carbocycles. The van der Waals surface area contributed by atoms with Crippen LogP contribution in [0.15, 0.2) is 0 Å². The van der Waals surface area contributed by atoms with Gasteiger partial charge >= 0.3 is 0 Å². The molecule has 0 aliphatic carbocycles. The van der Waals surface area contributed by atoms with Crippen molar-refractivity contribution in [2.45, 2.75) is 33.2 Å². The van der Waals surface area contributed by atoms with Crippen molar-refractivity contribution in [1.29, 1.82) is 0 Å². The second-order valence-corrected chi connectivity index (χ2v) is 6.88. The van der Waals surface area contributed by atoms with Gasteiger partial charge in [-0.25, -0.2) is 0 Å². The zero-order chi connectivity index (χ0) is 12.9. The van der Waals surface area contributed by atoms with E-state index in [1.54, 1.807) is 0 Å². The van der Waals surface area contributed by atoms with Crippen molar-refractivity contribution >= 4 is 20.6 Å². The van der Waals surface area contributed by atoms with Gasteiger partial charge in [0.2, 0.25) is 9.04 Å². The Hall–Kier alpha value is 0.387. The van der Waals surface area contributed by atoms with Crippen molar-refractivity contribution in [3.8, 4) is 0 Å². The average Bonchev–Trinajstić information content (AvgIpc) is 2.37. The van der Waals surface area contributed by atoms with Gasteiger partial charge in [-0.15, -0.1) is 11.6 Å². The first-order chi connectivity index (χ1) is 8.28. The molecule has 0 aromatic rings. The molecule has 1 atom stereocenters. The Morgan fingerprint density at radius 3 is 2.41 bits per heavy atom. The molecular weight excluding hydrogens is 254 g/mol. The van der Waals surface area contributed by atoms with Crippen LogP contribution in [0.1, 0.15) is 27.2 Å². The number of hydrogen-bond donors (Lipinski definition) is 0. The van der Waals surface area contributed by atoms with Gasteiger partial charge in [0.1, 0.15) is 0 Å². The molecule has 0 bridgehead atoms. The molecule has 1 unspecified atom stereocenters. The van der Waals surface area contributed by atoms with Crippen LogP contribution in [-0.2, 0) is 9.16 Å². The van der Waals surface area contributed by atoms with Crippen LogP contribution in [0.2, 0.25) is 6.04 Å². The van der Waals surface area contributed by atoms with E-state index in [9.17, 15) is 0 Å². The normalized spacial score (nSPS) is 13.2. The lowest BCUT2D eigenvalue weighted by atomic mass is 10.5. The van der Waals surface area contributed by atoms with Crippen LogP contribution >= 0.6 is 11.6 Å². The molecule has 104 valence electrons. The molecule has 0 amide bonds. The van der Waals surface area contributed by atoms with Gasteiger partial charge in [-0.05, 0) is 32.5 Å². The highest BCUT2D eigenvalue weighted by Gasteiger charge is 2.12. The van der Waals surface area contributed by atoms with Crippen LogP contribution in [0.25, 0.3) is 0 Å². The van der Waals surface area contributed by atoms with Crippen molar-refractivity contribution in [2.24, 2.45) is 0 Å². The van der Waals surface area contributed by atoms with Gasteiger partial charge in [-0.3, -0.25) is 0 Å². The smallest absolute Gasteiger partial charge is 0.202 e. The SMILES string of the molecule is CCOC[SiH](CCCCl)OCCN(CC)CC. The summed E-state index contributed by atoms with van der Waals surface area (Å²) in [6.45, 7) is 11.3. The number of halogens is 1. The third-order valence-electron chi connectivity index (χ3n) is 2.82. The lowest BCUT2D eigenvalue weighted by molar-refractivity contribution is 0.163. The molecular formula is C12H28ClNO2Si. The molecule has 17 heavy (non-hydrogen) atoms. The molecule has 0 fully saturated rings. The lowest BCUT2D eigenvalue weighted by Gasteiger charge is -2.21. The Kier molecular flexibility index (Phi) is 13.1. The van der Waals surface area contributed by atoms with E-state index >= 15 is 0 Å². The Morgan fingerprint density at radius 1 is 1.18 bits per heavy atom. The summed E-state index contributed by atoms with van der Waals surface area (Å²) in [6, 6.07) is 1.13. The van der Waals surface area contributed by atoms with Crippen molar-refractivity contribution in [2.75, 3.05) is 45.0 Å². The Balaban J connectivity index is 3.72. The molecule has 0 aliphatic heterocycles. The van der Waals surface area contributed by atoms with Crippen LogP contribution in [0, 0.1) is 0 Å². The van der Waals surface area contributed by atoms with E-state index in [-0.39, 0.29) is 0 Å². The van der Waals surface area contributed by atoms with Gasteiger partial charge in [0.25, 0.3) is 0 Å². The second-order valence-electron chi connectivity index (χ2n) is 4.01. The summed E-state index contributed by atoms with van der Waals surface area (Å²) in [5.74, 6) is 0.731. The predicted octanol–water partition coefficient (Wildman–Crippen LogP) is 2.27. The maximum Gasteiger partial charge on any atom is 0.202 e. The minimum atomic E-state index is -1.18. The highest BCUT2D eigenvalue weighted by Crippen LogP contribution is 2.03. The Morgan fingerprint density at radius 2 is 1.88 bits per heavy atom. The maximum absolute atomic E-state index is 5.99. The fourth-order valence-corrected chi connectivity index (χ4v) is 4.10. The molecule has 0 rings (SSSR count). The number of rotatable bonds is 12. The van der Waals surface area contributed by atoms with E-state index in [0.29, 0.717) is 0 Å². The van der Waals surface area contributed by atoms with E-state index in [1.807, 2.05) is 6.92 Å². The number of hydrogen-bond acceptors (Lipinski definition) is 3. The van der Waals surface area contributed by atoms with Gasteiger partial charge in [0, 0.05) is 25.6 Å². The summed E-state index contributed by atoms with van der Waals surface area (Å²) in [5, 5.41) is 0. The first-order valence-corrected chi connectivity index (χ1v) is 9.39. The molecule has 0 N–H and O–H groups in total. The minimum absolute atomic E-state index is 0.731. The summed E-state index contributed by atoms with van der Waals surface area (Å²) in [6.07, 6.45) is 1.88. The van der Waals surface area contributed by atoms with Gasteiger partial charge in [-0.1, -0.05) is 13.8 Å². The van der Waals surface area contributed by atoms with Crippen LogP contribution < -0.4 is 0 Å². The van der Waals surface area contributed by atoms with Crippen molar-refractivity contribution < 1.29 is 9.16 Å². The fraction of sp³-hybridized carbons (Fsp3) is 1.00.